The zero-order valence-electron chi connectivity index (χ0n) is 8.58. The molecule has 0 N–H and O–H groups in total. The summed E-state index contributed by atoms with van der Waals surface area (Å²) in [6.45, 7) is 4.54. The van der Waals surface area contributed by atoms with Crippen molar-refractivity contribution in [1.82, 2.24) is 4.90 Å². The van der Waals surface area contributed by atoms with E-state index in [0.717, 1.165) is 3.79 Å². The molecule has 14 heavy (non-hydrogen) atoms. The Kier molecular flexibility index (Phi) is 4.13. The molecular weight excluding hydrogens is 262 g/mol. The first-order chi connectivity index (χ1) is 6.50. The normalized spacial score (nSPS) is 10.6. The highest BCUT2D eigenvalue weighted by Gasteiger charge is 2.13. The van der Waals surface area contributed by atoms with E-state index in [2.05, 4.69) is 15.9 Å². The fourth-order valence-corrected chi connectivity index (χ4v) is 2.73. The summed E-state index contributed by atoms with van der Waals surface area (Å²) in [5.41, 5.74) is 0. The molecule has 1 heterocycles. The number of rotatable bonds is 3. The second-order valence-corrected chi connectivity index (χ2v) is 6.10. The van der Waals surface area contributed by atoms with Crippen molar-refractivity contribution in [2.24, 2.45) is 5.92 Å². The molecule has 0 aliphatic rings. The van der Waals surface area contributed by atoms with Crippen molar-refractivity contribution in [2.45, 2.75) is 20.4 Å². The Morgan fingerprint density at radius 2 is 2.21 bits per heavy atom. The lowest BCUT2D eigenvalue weighted by molar-refractivity contribution is -0.133. The molecule has 0 bridgehead atoms. The van der Waals surface area contributed by atoms with Gasteiger partial charge in [-0.05, 0) is 28.1 Å². The minimum atomic E-state index is 0.0726. The lowest BCUT2D eigenvalue weighted by Gasteiger charge is -2.18. The van der Waals surface area contributed by atoms with Crippen molar-refractivity contribution in [3.05, 3.63) is 20.8 Å². The van der Waals surface area contributed by atoms with Gasteiger partial charge in [0.1, 0.15) is 0 Å². The Hall–Kier alpha value is -0.350. The summed E-state index contributed by atoms with van der Waals surface area (Å²) in [5, 5.41) is 0. The number of carbonyl (C=O) groups excluding carboxylic acids is 1. The van der Waals surface area contributed by atoms with Gasteiger partial charge in [0, 0.05) is 17.8 Å². The average molecular weight is 276 g/mol. The van der Waals surface area contributed by atoms with Gasteiger partial charge in [-0.15, -0.1) is 11.3 Å². The van der Waals surface area contributed by atoms with E-state index in [0.29, 0.717) is 6.54 Å². The van der Waals surface area contributed by atoms with Crippen molar-refractivity contribution in [1.29, 1.82) is 0 Å². The summed E-state index contributed by atoms with van der Waals surface area (Å²) in [6, 6.07) is 4.05. The van der Waals surface area contributed by atoms with Gasteiger partial charge in [0.05, 0.1) is 10.3 Å². The van der Waals surface area contributed by atoms with Crippen molar-refractivity contribution in [2.75, 3.05) is 7.05 Å². The third-order valence-electron chi connectivity index (χ3n) is 1.89. The van der Waals surface area contributed by atoms with E-state index in [4.69, 9.17) is 0 Å². The summed E-state index contributed by atoms with van der Waals surface area (Å²) in [5.74, 6) is 0.262. The van der Waals surface area contributed by atoms with Crippen LogP contribution in [0.15, 0.2) is 15.9 Å². The number of hydrogen-bond donors (Lipinski definition) is 0. The van der Waals surface area contributed by atoms with Gasteiger partial charge in [0.15, 0.2) is 0 Å². The second kappa shape index (κ2) is 4.94. The summed E-state index contributed by atoms with van der Waals surface area (Å²) < 4.78 is 1.11. The molecule has 0 saturated carbocycles. The zero-order valence-corrected chi connectivity index (χ0v) is 11.0. The minimum Gasteiger partial charge on any atom is -0.340 e. The van der Waals surface area contributed by atoms with Gasteiger partial charge in [0.2, 0.25) is 5.91 Å². The molecule has 0 aliphatic carbocycles. The number of nitrogens with zero attached hydrogens (tertiary/aromatic N) is 1. The smallest absolute Gasteiger partial charge is 0.225 e. The van der Waals surface area contributed by atoms with E-state index >= 15 is 0 Å². The Morgan fingerprint density at radius 3 is 2.64 bits per heavy atom. The predicted molar refractivity (Wildman–Crippen MR) is 63.3 cm³/mol. The topological polar surface area (TPSA) is 20.3 Å². The molecule has 1 amide bonds. The van der Waals surface area contributed by atoms with E-state index in [9.17, 15) is 4.79 Å². The quantitative estimate of drug-likeness (QED) is 0.830. The molecule has 0 fully saturated rings. The van der Waals surface area contributed by atoms with Gasteiger partial charge >= 0.3 is 0 Å². The van der Waals surface area contributed by atoms with E-state index < -0.39 is 0 Å². The lowest BCUT2D eigenvalue weighted by atomic mass is 10.2. The standard InChI is InChI=1S/C10H14BrNOS/c1-7(2)10(13)12(3)6-8-4-5-9(11)14-8/h4-5,7H,6H2,1-3H3. The Labute approximate surface area is 97.1 Å². The fourth-order valence-electron chi connectivity index (χ4n) is 1.19. The first-order valence-corrected chi connectivity index (χ1v) is 6.11. The largest absolute Gasteiger partial charge is 0.340 e. The molecule has 0 aliphatic heterocycles. The SMILES string of the molecule is CC(C)C(=O)N(C)Cc1ccc(Br)s1. The second-order valence-electron chi connectivity index (χ2n) is 3.55. The molecule has 1 aromatic rings. The molecule has 1 rings (SSSR count). The monoisotopic (exact) mass is 275 g/mol. The molecule has 78 valence electrons. The maximum absolute atomic E-state index is 11.6. The van der Waals surface area contributed by atoms with Crippen molar-refractivity contribution >= 4 is 33.2 Å². The van der Waals surface area contributed by atoms with Crippen LogP contribution in [0.5, 0.6) is 0 Å². The highest BCUT2D eigenvalue weighted by molar-refractivity contribution is 9.11. The molecule has 2 nitrogen and oxygen atoms in total. The molecule has 0 spiro atoms. The Bertz CT molecular complexity index is 322. The average Bonchev–Trinajstić information content (AvgIpc) is 2.49. The van der Waals surface area contributed by atoms with Crippen LogP contribution in [0.25, 0.3) is 0 Å². The van der Waals surface area contributed by atoms with Crippen LogP contribution >= 0.6 is 27.3 Å². The Morgan fingerprint density at radius 1 is 1.57 bits per heavy atom. The number of halogens is 1. The first kappa shape index (κ1) is 11.7. The number of amides is 1. The van der Waals surface area contributed by atoms with E-state index in [1.54, 1.807) is 16.2 Å². The molecule has 1 aromatic heterocycles. The van der Waals surface area contributed by atoms with Crippen LogP contribution in [0.2, 0.25) is 0 Å². The number of hydrogen-bond acceptors (Lipinski definition) is 2. The van der Waals surface area contributed by atoms with Crippen molar-refractivity contribution < 1.29 is 4.79 Å². The molecular formula is C10H14BrNOS. The summed E-state index contributed by atoms with van der Waals surface area (Å²) >= 11 is 5.07. The van der Waals surface area contributed by atoms with Crippen molar-refractivity contribution in [3.8, 4) is 0 Å². The summed E-state index contributed by atoms with van der Waals surface area (Å²) in [7, 11) is 1.84. The number of thiophene rings is 1. The van der Waals surface area contributed by atoms with Crippen molar-refractivity contribution in [3.63, 3.8) is 0 Å². The maximum Gasteiger partial charge on any atom is 0.225 e. The van der Waals surface area contributed by atoms with Gasteiger partial charge in [0.25, 0.3) is 0 Å². The van der Waals surface area contributed by atoms with Crippen LogP contribution < -0.4 is 0 Å². The van der Waals surface area contributed by atoms with Gasteiger partial charge in [-0.25, -0.2) is 0 Å². The van der Waals surface area contributed by atoms with Crippen LogP contribution in [0.1, 0.15) is 18.7 Å². The van der Waals surface area contributed by atoms with Gasteiger partial charge in [-0.3, -0.25) is 4.79 Å². The molecule has 0 atom stereocenters. The molecule has 0 unspecified atom stereocenters. The molecule has 4 heteroatoms. The van der Waals surface area contributed by atoms with Gasteiger partial charge in [-0.1, -0.05) is 13.8 Å². The van der Waals surface area contributed by atoms with Gasteiger partial charge in [-0.2, -0.15) is 0 Å². The predicted octanol–water partition coefficient (Wildman–Crippen LogP) is 3.13. The van der Waals surface area contributed by atoms with Crippen LogP contribution in [0.4, 0.5) is 0 Å². The Balaban J connectivity index is 2.57. The van der Waals surface area contributed by atoms with Gasteiger partial charge < -0.3 is 4.90 Å². The zero-order chi connectivity index (χ0) is 10.7. The van der Waals surface area contributed by atoms with Crippen LogP contribution in [0.3, 0.4) is 0 Å². The van der Waals surface area contributed by atoms with Crippen LogP contribution in [-0.4, -0.2) is 17.9 Å². The maximum atomic E-state index is 11.6. The molecule has 0 saturated heterocycles. The fraction of sp³-hybridized carbons (Fsp3) is 0.500. The minimum absolute atomic E-state index is 0.0726. The summed E-state index contributed by atoms with van der Waals surface area (Å²) in [4.78, 5) is 14.5. The lowest BCUT2D eigenvalue weighted by Crippen LogP contribution is -2.29. The number of carbonyl (C=O) groups is 1. The van der Waals surface area contributed by atoms with Crippen LogP contribution in [0, 0.1) is 5.92 Å². The van der Waals surface area contributed by atoms with Crippen LogP contribution in [-0.2, 0) is 11.3 Å². The third-order valence-corrected chi connectivity index (χ3v) is 3.50. The molecule has 0 aromatic carbocycles. The van der Waals surface area contributed by atoms with E-state index in [1.807, 2.05) is 33.0 Å². The van der Waals surface area contributed by atoms with E-state index in [1.165, 1.54) is 4.88 Å². The highest BCUT2D eigenvalue weighted by Crippen LogP contribution is 2.23. The first-order valence-electron chi connectivity index (χ1n) is 4.50. The summed E-state index contributed by atoms with van der Waals surface area (Å²) in [6.07, 6.45) is 0. The third kappa shape index (κ3) is 3.10. The highest BCUT2D eigenvalue weighted by atomic mass is 79.9. The molecule has 0 radical (unpaired) electrons. The van der Waals surface area contributed by atoms with E-state index in [-0.39, 0.29) is 11.8 Å².